The van der Waals surface area contributed by atoms with Gasteiger partial charge in [-0.15, -0.1) is 0 Å². The van der Waals surface area contributed by atoms with Gasteiger partial charge >= 0.3 is 5.97 Å². The standard InChI is InChI=1S/C32H52N2O9/c1-23(2)21-27-26(31(38)43-32(3,4)5)7-6-14-42-25-10-8-24(9-11-25)22-28(34-29(27)36)30(37)33-12-15-39-17-19-41-20-18-40-16-13-35/h8-11,23,26-28,35H,6-7,12-22H2,1-5H3,(H,33,37)(H,34,36)/t26?,27-,28+/m1/s1. The van der Waals surface area contributed by atoms with Gasteiger partial charge in [-0.3, -0.25) is 14.4 Å². The van der Waals surface area contributed by atoms with Gasteiger partial charge in [-0.2, -0.15) is 0 Å². The summed E-state index contributed by atoms with van der Waals surface area (Å²) in [4.78, 5) is 40.5. The molecule has 0 spiro atoms. The van der Waals surface area contributed by atoms with E-state index in [0.717, 1.165) is 5.56 Å². The molecule has 0 aromatic heterocycles. The molecule has 0 saturated carbocycles. The van der Waals surface area contributed by atoms with Gasteiger partial charge in [0.1, 0.15) is 17.4 Å². The number of hydrogen-bond donors (Lipinski definition) is 3. The molecule has 0 fully saturated rings. The maximum absolute atomic E-state index is 13.8. The van der Waals surface area contributed by atoms with Crippen LogP contribution in [0.3, 0.4) is 0 Å². The van der Waals surface area contributed by atoms with E-state index in [1.165, 1.54) is 0 Å². The maximum Gasteiger partial charge on any atom is 0.310 e. The van der Waals surface area contributed by atoms with E-state index in [4.69, 9.17) is 28.8 Å². The lowest BCUT2D eigenvalue weighted by Crippen LogP contribution is -2.52. The molecule has 11 heteroatoms. The van der Waals surface area contributed by atoms with Crippen LogP contribution in [-0.4, -0.2) is 93.9 Å². The highest BCUT2D eigenvalue weighted by molar-refractivity contribution is 5.91. The minimum atomic E-state index is -0.849. The molecule has 2 amide bonds. The third-order valence-corrected chi connectivity index (χ3v) is 6.71. The minimum absolute atomic E-state index is 0.0221. The molecule has 0 radical (unpaired) electrons. The fraction of sp³-hybridized carbons (Fsp3) is 0.719. The molecule has 0 saturated heterocycles. The molecule has 1 aromatic rings. The Morgan fingerprint density at radius 3 is 2.26 bits per heavy atom. The second-order valence-corrected chi connectivity index (χ2v) is 12.1. The van der Waals surface area contributed by atoms with Gasteiger partial charge in [0.05, 0.1) is 64.7 Å². The quantitative estimate of drug-likeness (QED) is 0.202. The van der Waals surface area contributed by atoms with Gasteiger partial charge < -0.3 is 39.4 Å². The van der Waals surface area contributed by atoms with Gasteiger partial charge in [0.15, 0.2) is 0 Å². The van der Waals surface area contributed by atoms with Gasteiger partial charge in [-0.1, -0.05) is 26.0 Å². The summed E-state index contributed by atoms with van der Waals surface area (Å²) >= 11 is 0. The first-order valence-corrected chi connectivity index (χ1v) is 15.4. The van der Waals surface area contributed by atoms with Crippen LogP contribution in [0, 0.1) is 17.8 Å². The van der Waals surface area contributed by atoms with Crippen molar-refractivity contribution in [3.63, 3.8) is 0 Å². The Morgan fingerprint density at radius 2 is 1.65 bits per heavy atom. The summed E-state index contributed by atoms with van der Waals surface area (Å²) in [5.41, 5.74) is 0.170. The summed E-state index contributed by atoms with van der Waals surface area (Å²) in [6, 6.07) is 6.62. The number of ether oxygens (including phenoxy) is 5. The summed E-state index contributed by atoms with van der Waals surface area (Å²) in [6.45, 7) is 12.2. The fourth-order valence-corrected chi connectivity index (χ4v) is 4.74. The van der Waals surface area contributed by atoms with Crippen molar-refractivity contribution in [2.24, 2.45) is 17.8 Å². The van der Waals surface area contributed by atoms with E-state index in [1.807, 2.05) is 58.9 Å². The Bertz CT molecular complexity index is 963. The topological polar surface area (TPSA) is 142 Å². The normalized spacial score (nSPS) is 19.8. The number of nitrogens with one attached hydrogen (secondary N) is 2. The zero-order valence-corrected chi connectivity index (χ0v) is 26.5. The van der Waals surface area contributed by atoms with Crippen LogP contribution < -0.4 is 15.4 Å². The van der Waals surface area contributed by atoms with Gasteiger partial charge in [0.2, 0.25) is 11.8 Å². The van der Waals surface area contributed by atoms with Crippen LogP contribution in [-0.2, 0) is 39.8 Å². The molecule has 2 heterocycles. The Morgan fingerprint density at radius 1 is 1.02 bits per heavy atom. The van der Waals surface area contributed by atoms with Gasteiger partial charge in [0, 0.05) is 13.0 Å². The number of aliphatic hydroxyl groups excluding tert-OH is 1. The van der Waals surface area contributed by atoms with Gasteiger partial charge in [0.25, 0.3) is 0 Å². The van der Waals surface area contributed by atoms with Crippen molar-refractivity contribution in [2.45, 2.75) is 71.9 Å². The van der Waals surface area contributed by atoms with E-state index in [1.54, 1.807) is 0 Å². The van der Waals surface area contributed by atoms with Crippen LogP contribution in [0.15, 0.2) is 24.3 Å². The lowest BCUT2D eigenvalue weighted by atomic mass is 9.81. The van der Waals surface area contributed by atoms with Crippen molar-refractivity contribution in [1.82, 2.24) is 10.6 Å². The third kappa shape index (κ3) is 15.0. The molecule has 3 rings (SSSR count). The largest absolute Gasteiger partial charge is 0.494 e. The van der Waals surface area contributed by atoms with Crippen LogP contribution in [0.2, 0.25) is 0 Å². The average molecular weight is 609 g/mol. The van der Waals surface area contributed by atoms with Crippen molar-refractivity contribution in [1.29, 1.82) is 0 Å². The van der Waals surface area contributed by atoms with E-state index in [0.29, 0.717) is 58.0 Å². The Labute approximate surface area is 256 Å². The molecule has 11 nitrogen and oxygen atoms in total. The van der Waals surface area contributed by atoms with Crippen molar-refractivity contribution in [3.05, 3.63) is 29.8 Å². The van der Waals surface area contributed by atoms with E-state index >= 15 is 0 Å². The predicted molar refractivity (Wildman–Crippen MR) is 162 cm³/mol. The lowest BCUT2D eigenvalue weighted by Gasteiger charge is -2.31. The van der Waals surface area contributed by atoms with E-state index < -0.39 is 29.4 Å². The number of amides is 2. The van der Waals surface area contributed by atoms with Crippen LogP contribution in [0.25, 0.3) is 0 Å². The summed E-state index contributed by atoms with van der Waals surface area (Å²) in [6.07, 6.45) is 1.74. The first-order valence-electron chi connectivity index (χ1n) is 15.4. The van der Waals surface area contributed by atoms with Crippen molar-refractivity contribution >= 4 is 17.8 Å². The number of benzene rings is 1. The number of fused-ring (bicyclic) bond motifs is 11. The first kappa shape index (κ1) is 36.5. The van der Waals surface area contributed by atoms with Crippen LogP contribution in [0.1, 0.15) is 59.4 Å². The number of carbonyl (C=O) groups excluding carboxylic acids is 3. The molecule has 0 aliphatic carbocycles. The molecule has 2 bridgehead atoms. The summed E-state index contributed by atoms with van der Waals surface area (Å²) < 4.78 is 27.7. The lowest BCUT2D eigenvalue weighted by molar-refractivity contribution is -0.164. The van der Waals surface area contributed by atoms with Crippen LogP contribution >= 0.6 is 0 Å². The SMILES string of the molecule is CC(C)C[C@H]1C(=O)N[C@H](C(=O)NCCOCCOCCOCCO)Cc2ccc(cc2)OCCCC1C(=O)OC(C)(C)C. The van der Waals surface area contributed by atoms with Crippen molar-refractivity contribution in [3.8, 4) is 5.75 Å². The summed E-state index contributed by atoms with van der Waals surface area (Å²) in [7, 11) is 0. The van der Waals surface area contributed by atoms with Gasteiger partial charge in [-0.05, 0) is 63.6 Å². The number of carbonyl (C=O) groups is 3. The third-order valence-electron chi connectivity index (χ3n) is 6.71. The number of aliphatic hydroxyl groups is 1. The number of rotatable bonds is 15. The van der Waals surface area contributed by atoms with Crippen molar-refractivity contribution < 1.29 is 43.2 Å². The predicted octanol–water partition coefficient (Wildman–Crippen LogP) is 2.67. The van der Waals surface area contributed by atoms with Crippen molar-refractivity contribution in [2.75, 3.05) is 59.4 Å². The average Bonchev–Trinajstić information content (AvgIpc) is 2.93. The van der Waals surface area contributed by atoms with E-state index in [9.17, 15) is 14.4 Å². The number of hydrogen-bond acceptors (Lipinski definition) is 9. The van der Waals surface area contributed by atoms with Crippen LogP contribution in [0.5, 0.6) is 5.75 Å². The summed E-state index contributed by atoms with van der Waals surface area (Å²) in [5.74, 6) is -1.57. The van der Waals surface area contributed by atoms with E-state index in [2.05, 4.69) is 10.6 Å². The molecule has 2 aliphatic heterocycles. The molecule has 244 valence electrons. The highest BCUT2D eigenvalue weighted by Crippen LogP contribution is 2.29. The van der Waals surface area contributed by atoms with Crippen LogP contribution in [0.4, 0.5) is 0 Å². The molecule has 1 unspecified atom stereocenters. The fourth-order valence-electron chi connectivity index (χ4n) is 4.74. The Hall–Kier alpha value is -2.73. The molecule has 3 N–H and O–H groups in total. The smallest absolute Gasteiger partial charge is 0.310 e. The zero-order valence-electron chi connectivity index (χ0n) is 26.5. The number of esters is 1. The Balaban J connectivity index is 2.09. The molecular formula is C32H52N2O9. The second-order valence-electron chi connectivity index (χ2n) is 12.1. The molecule has 43 heavy (non-hydrogen) atoms. The molecule has 1 aromatic carbocycles. The monoisotopic (exact) mass is 608 g/mol. The molecular weight excluding hydrogens is 556 g/mol. The first-order chi connectivity index (χ1) is 20.5. The summed E-state index contributed by atoms with van der Waals surface area (Å²) in [5, 5.41) is 14.5. The molecule has 3 atom stereocenters. The van der Waals surface area contributed by atoms with Gasteiger partial charge in [-0.25, -0.2) is 0 Å². The van der Waals surface area contributed by atoms with E-state index in [-0.39, 0.29) is 50.5 Å². The molecule has 2 aliphatic rings. The Kier molecular flexibility index (Phi) is 16.6. The second kappa shape index (κ2) is 19.5. The minimum Gasteiger partial charge on any atom is -0.494 e. The maximum atomic E-state index is 13.8. The zero-order chi connectivity index (χ0) is 31.7. The highest BCUT2D eigenvalue weighted by Gasteiger charge is 2.38. The highest BCUT2D eigenvalue weighted by atomic mass is 16.6.